The summed E-state index contributed by atoms with van der Waals surface area (Å²) in [6.07, 6.45) is 7.10. The van der Waals surface area contributed by atoms with E-state index in [-0.39, 0.29) is 0 Å². The molecule has 0 aliphatic heterocycles. The second-order valence-corrected chi connectivity index (χ2v) is 11.3. The number of nitrogens with zero attached hydrogens (tertiary/aromatic N) is 5. The Morgan fingerprint density at radius 1 is 1.05 bits per heavy atom. The second-order valence-electron chi connectivity index (χ2n) is 11.3. The number of benzene rings is 1. The van der Waals surface area contributed by atoms with Crippen molar-refractivity contribution < 1.29 is 0 Å². The van der Waals surface area contributed by atoms with Crippen LogP contribution in [0.5, 0.6) is 0 Å². The second kappa shape index (κ2) is 9.14. The van der Waals surface area contributed by atoms with Crippen LogP contribution in [-0.4, -0.2) is 29.5 Å². The standard InChI is InChI=1S/C30H33N7/c1-19-7-5-10-25(34-19)29-28(21-12-14-27-32-18-33-37(27)17-21)35-26(36-29)16-31-24-9-6-8-22-20(11-13-23(22)24)15-30(2,3)4/h5-10,12,14,17-18,20,31H,11,13,15-16H2,1-4H3,(H,35,36). The maximum Gasteiger partial charge on any atom is 0.155 e. The molecule has 1 aromatic carbocycles. The van der Waals surface area contributed by atoms with Crippen molar-refractivity contribution in [1.82, 2.24) is 29.5 Å². The summed E-state index contributed by atoms with van der Waals surface area (Å²) in [5, 5.41) is 7.99. The van der Waals surface area contributed by atoms with Crippen molar-refractivity contribution in [3.63, 3.8) is 0 Å². The number of aromatic nitrogens is 6. The molecule has 0 amide bonds. The lowest BCUT2D eigenvalue weighted by molar-refractivity contribution is 0.338. The van der Waals surface area contributed by atoms with Crippen molar-refractivity contribution in [2.75, 3.05) is 5.32 Å². The molecule has 0 spiro atoms. The van der Waals surface area contributed by atoms with Crippen LogP contribution >= 0.6 is 0 Å². The number of rotatable bonds is 6. The molecular formula is C30H33N7. The molecular weight excluding hydrogens is 458 g/mol. The summed E-state index contributed by atoms with van der Waals surface area (Å²) < 4.78 is 1.77. The maximum atomic E-state index is 5.03. The van der Waals surface area contributed by atoms with Gasteiger partial charge in [-0.05, 0) is 79.0 Å². The Balaban J connectivity index is 1.32. The highest BCUT2D eigenvalue weighted by molar-refractivity contribution is 5.77. The van der Waals surface area contributed by atoms with Gasteiger partial charge in [-0.15, -0.1) is 0 Å². The van der Waals surface area contributed by atoms with Gasteiger partial charge >= 0.3 is 0 Å². The molecule has 1 aliphatic carbocycles. The minimum atomic E-state index is 0.329. The smallest absolute Gasteiger partial charge is 0.155 e. The molecule has 2 N–H and O–H groups in total. The van der Waals surface area contributed by atoms with Crippen LogP contribution in [-0.2, 0) is 13.0 Å². The average Bonchev–Trinajstić information content (AvgIpc) is 3.60. The average molecular weight is 492 g/mol. The molecule has 0 saturated heterocycles. The molecule has 1 atom stereocenters. The lowest BCUT2D eigenvalue weighted by Crippen LogP contribution is -2.10. The van der Waals surface area contributed by atoms with Crippen molar-refractivity contribution >= 4 is 11.3 Å². The highest BCUT2D eigenvalue weighted by Gasteiger charge is 2.28. The van der Waals surface area contributed by atoms with Gasteiger partial charge < -0.3 is 10.3 Å². The molecule has 1 aliphatic rings. The van der Waals surface area contributed by atoms with Crippen LogP contribution in [0.4, 0.5) is 5.69 Å². The van der Waals surface area contributed by atoms with E-state index in [9.17, 15) is 0 Å². The van der Waals surface area contributed by atoms with E-state index in [4.69, 9.17) is 9.97 Å². The molecule has 7 nitrogen and oxygen atoms in total. The van der Waals surface area contributed by atoms with Crippen molar-refractivity contribution in [1.29, 1.82) is 0 Å². The van der Waals surface area contributed by atoms with Gasteiger partial charge in [-0.1, -0.05) is 39.0 Å². The van der Waals surface area contributed by atoms with Gasteiger partial charge in [0.2, 0.25) is 0 Å². The zero-order valence-electron chi connectivity index (χ0n) is 21.9. The van der Waals surface area contributed by atoms with Crippen LogP contribution in [0.2, 0.25) is 0 Å². The number of imidazole rings is 1. The van der Waals surface area contributed by atoms with Gasteiger partial charge in [-0.3, -0.25) is 4.98 Å². The first-order valence-corrected chi connectivity index (χ1v) is 13.0. The Kier molecular flexibility index (Phi) is 5.78. The van der Waals surface area contributed by atoms with E-state index in [2.05, 4.69) is 59.4 Å². The fourth-order valence-electron chi connectivity index (χ4n) is 5.58. The Morgan fingerprint density at radius 2 is 1.92 bits per heavy atom. The third-order valence-corrected chi connectivity index (χ3v) is 7.14. The predicted molar refractivity (Wildman–Crippen MR) is 147 cm³/mol. The highest BCUT2D eigenvalue weighted by Crippen LogP contribution is 2.43. The van der Waals surface area contributed by atoms with Gasteiger partial charge in [0.25, 0.3) is 0 Å². The number of pyridine rings is 2. The minimum Gasteiger partial charge on any atom is -0.378 e. The van der Waals surface area contributed by atoms with Crippen molar-refractivity contribution in [2.24, 2.45) is 5.41 Å². The number of H-pyrrole nitrogens is 1. The molecule has 1 unspecified atom stereocenters. The van der Waals surface area contributed by atoms with E-state index in [0.717, 1.165) is 46.2 Å². The third-order valence-electron chi connectivity index (χ3n) is 7.14. The first-order chi connectivity index (χ1) is 17.8. The Morgan fingerprint density at radius 3 is 2.76 bits per heavy atom. The molecule has 7 heteroatoms. The molecule has 37 heavy (non-hydrogen) atoms. The molecule has 188 valence electrons. The monoisotopic (exact) mass is 491 g/mol. The molecule has 4 aromatic heterocycles. The van der Waals surface area contributed by atoms with Crippen LogP contribution in [0.1, 0.15) is 62.2 Å². The molecule has 0 radical (unpaired) electrons. The van der Waals surface area contributed by atoms with E-state index in [1.807, 2.05) is 43.5 Å². The predicted octanol–water partition coefficient (Wildman–Crippen LogP) is 6.57. The fraction of sp³-hybridized carbons (Fsp3) is 0.333. The number of nitrogens with one attached hydrogen (secondary N) is 2. The summed E-state index contributed by atoms with van der Waals surface area (Å²) in [5.41, 5.74) is 9.88. The molecule has 6 rings (SSSR count). The van der Waals surface area contributed by atoms with E-state index in [0.29, 0.717) is 17.9 Å². The van der Waals surface area contributed by atoms with Gasteiger partial charge in [0.1, 0.15) is 12.2 Å². The lowest BCUT2D eigenvalue weighted by atomic mass is 9.82. The molecule has 5 aromatic rings. The number of aromatic amines is 1. The molecule has 0 bridgehead atoms. The van der Waals surface area contributed by atoms with Crippen LogP contribution in [0, 0.1) is 12.3 Å². The lowest BCUT2D eigenvalue weighted by Gasteiger charge is -2.23. The van der Waals surface area contributed by atoms with Crippen molar-refractivity contribution in [3.05, 3.63) is 83.7 Å². The number of hydrogen-bond donors (Lipinski definition) is 2. The van der Waals surface area contributed by atoms with E-state index in [1.165, 1.54) is 29.7 Å². The number of anilines is 1. The number of hydrogen-bond acceptors (Lipinski definition) is 5. The molecule has 0 fully saturated rings. The quantitative estimate of drug-likeness (QED) is 0.281. The maximum absolute atomic E-state index is 5.03. The van der Waals surface area contributed by atoms with Crippen LogP contribution in [0.3, 0.4) is 0 Å². The zero-order valence-corrected chi connectivity index (χ0v) is 21.9. The largest absolute Gasteiger partial charge is 0.378 e. The van der Waals surface area contributed by atoms with Crippen LogP contribution in [0.25, 0.3) is 28.3 Å². The SMILES string of the molecule is Cc1cccc(-c2[nH]c(CNc3cccc4c3CCC4CC(C)(C)C)nc2-c2ccc3ncnn3c2)n1. The highest BCUT2D eigenvalue weighted by atomic mass is 15.3. The van der Waals surface area contributed by atoms with E-state index >= 15 is 0 Å². The fourth-order valence-corrected chi connectivity index (χ4v) is 5.58. The molecule has 4 heterocycles. The van der Waals surface area contributed by atoms with Crippen molar-refractivity contribution in [2.45, 2.75) is 59.4 Å². The van der Waals surface area contributed by atoms with Gasteiger partial charge in [0.05, 0.1) is 23.6 Å². The number of fused-ring (bicyclic) bond motifs is 2. The van der Waals surface area contributed by atoms with E-state index in [1.54, 1.807) is 10.8 Å². The first kappa shape index (κ1) is 23.4. The Labute approximate surface area is 217 Å². The Hall–Kier alpha value is -4.00. The summed E-state index contributed by atoms with van der Waals surface area (Å²) in [6.45, 7) is 9.62. The van der Waals surface area contributed by atoms with Crippen molar-refractivity contribution in [3.8, 4) is 22.6 Å². The van der Waals surface area contributed by atoms with Gasteiger partial charge in [-0.2, -0.15) is 5.10 Å². The van der Waals surface area contributed by atoms with Gasteiger partial charge in [0, 0.05) is 23.1 Å². The minimum absolute atomic E-state index is 0.329. The zero-order chi connectivity index (χ0) is 25.6. The molecule has 0 saturated carbocycles. The summed E-state index contributed by atoms with van der Waals surface area (Å²) in [7, 11) is 0. The first-order valence-electron chi connectivity index (χ1n) is 13.0. The van der Waals surface area contributed by atoms with Gasteiger partial charge in [-0.25, -0.2) is 14.5 Å². The van der Waals surface area contributed by atoms with Gasteiger partial charge in [0.15, 0.2) is 5.65 Å². The normalized spacial score (nSPS) is 15.3. The summed E-state index contributed by atoms with van der Waals surface area (Å²) in [5.74, 6) is 1.51. The van der Waals surface area contributed by atoms with Crippen LogP contribution < -0.4 is 5.32 Å². The third kappa shape index (κ3) is 4.73. The summed E-state index contributed by atoms with van der Waals surface area (Å²) in [6, 6.07) is 16.8. The topological polar surface area (TPSA) is 83.8 Å². The summed E-state index contributed by atoms with van der Waals surface area (Å²) >= 11 is 0. The van der Waals surface area contributed by atoms with E-state index < -0.39 is 0 Å². The Bertz CT molecular complexity index is 1570. The summed E-state index contributed by atoms with van der Waals surface area (Å²) in [4.78, 5) is 17.6. The van der Waals surface area contributed by atoms with Crippen LogP contribution in [0.15, 0.2) is 61.1 Å². The number of aryl methyl sites for hydroxylation is 1.